The number of carbonyl (C=O) groups excluding carboxylic acids is 3. The maximum atomic E-state index is 12.8. The molecule has 0 aliphatic carbocycles. The van der Waals surface area contributed by atoms with E-state index in [4.69, 9.17) is 16.3 Å². The number of benzene rings is 1. The Bertz CT molecular complexity index is 896. The highest BCUT2D eigenvalue weighted by Gasteiger charge is 2.58. The fourth-order valence-electron chi connectivity index (χ4n) is 3.05. The molecule has 1 fully saturated rings. The largest absolute Gasteiger partial charge is 0.455 e. The first-order chi connectivity index (χ1) is 12.0. The van der Waals surface area contributed by atoms with E-state index < -0.39 is 10.8 Å². The van der Waals surface area contributed by atoms with Gasteiger partial charge in [-0.3, -0.25) is 14.5 Å². The van der Waals surface area contributed by atoms with Gasteiger partial charge < -0.3 is 4.74 Å². The van der Waals surface area contributed by atoms with Gasteiger partial charge in [0.15, 0.2) is 11.5 Å². The van der Waals surface area contributed by atoms with Gasteiger partial charge in [0, 0.05) is 17.7 Å². The summed E-state index contributed by atoms with van der Waals surface area (Å²) in [5, 5.41) is 0. The summed E-state index contributed by atoms with van der Waals surface area (Å²) < 4.78 is 5.80. The minimum Gasteiger partial charge on any atom is -0.455 e. The molecular weight excluding hydrogens is 382 g/mol. The fraction of sp³-hybridized carbons (Fsp3) is 0.235. The molecule has 0 saturated carbocycles. The van der Waals surface area contributed by atoms with Crippen molar-refractivity contribution in [1.82, 2.24) is 0 Å². The van der Waals surface area contributed by atoms with E-state index >= 15 is 0 Å². The summed E-state index contributed by atoms with van der Waals surface area (Å²) in [4.78, 5) is 39.0. The highest BCUT2D eigenvalue weighted by atomic mass is 35.5. The number of amides is 1. The third-order valence-electron chi connectivity index (χ3n) is 4.17. The van der Waals surface area contributed by atoms with Crippen LogP contribution < -0.4 is 4.90 Å². The molecule has 4 rings (SSSR count). The molecule has 1 aromatic heterocycles. The number of ketones is 1. The predicted octanol–water partition coefficient (Wildman–Crippen LogP) is 3.76. The smallest absolute Gasteiger partial charge is 0.343 e. The number of fused-ring (bicyclic) bond motifs is 3. The minimum atomic E-state index is -1.10. The molecule has 128 valence electrons. The standard InChI is InChI=1S/C17H12ClNO4S2/c18-14-6-5-13(24-14)11(20)9-23-16(22)17-8-7-15(21)19(17)10-3-1-2-4-12(10)25-17/h1-6H,7-9H2/t17-/m0/s1. The first-order valence-corrected chi connectivity index (χ1v) is 9.59. The van der Waals surface area contributed by atoms with Gasteiger partial charge >= 0.3 is 5.97 Å². The van der Waals surface area contributed by atoms with E-state index in [2.05, 4.69) is 0 Å². The molecule has 1 amide bonds. The molecular formula is C17H12ClNO4S2. The van der Waals surface area contributed by atoms with Gasteiger partial charge in [-0.2, -0.15) is 0 Å². The molecule has 25 heavy (non-hydrogen) atoms. The van der Waals surface area contributed by atoms with Crippen LogP contribution in [0.15, 0.2) is 41.3 Å². The zero-order valence-electron chi connectivity index (χ0n) is 12.9. The third-order valence-corrected chi connectivity index (χ3v) is 6.90. The lowest BCUT2D eigenvalue weighted by molar-refractivity contribution is -0.145. The Morgan fingerprint density at radius 3 is 2.80 bits per heavy atom. The van der Waals surface area contributed by atoms with E-state index in [0.29, 0.717) is 15.6 Å². The highest BCUT2D eigenvalue weighted by Crippen LogP contribution is 2.56. The molecule has 2 aliphatic rings. The SMILES string of the molecule is O=C(COC(=O)[C@@]12CCC(=O)N1c1ccccc1S2)c1ccc(Cl)s1. The number of thiophene rings is 1. The predicted molar refractivity (Wildman–Crippen MR) is 96.4 cm³/mol. The monoisotopic (exact) mass is 393 g/mol. The summed E-state index contributed by atoms with van der Waals surface area (Å²) in [6.07, 6.45) is 0.647. The molecule has 1 atom stereocenters. The van der Waals surface area contributed by atoms with Crippen LogP contribution in [0.3, 0.4) is 0 Å². The Hall–Kier alpha value is -1.83. The van der Waals surface area contributed by atoms with Crippen LogP contribution in [0.4, 0.5) is 5.69 Å². The van der Waals surface area contributed by atoms with Crippen molar-refractivity contribution < 1.29 is 19.1 Å². The van der Waals surface area contributed by atoms with Crippen molar-refractivity contribution in [2.45, 2.75) is 22.6 Å². The van der Waals surface area contributed by atoms with Gasteiger partial charge in [0.1, 0.15) is 0 Å². The summed E-state index contributed by atoms with van der Waals surface area (Å²) in [6, 6.07) is 10.6. The van der Waals surface area contributed by atoms with Crippen LogP contribution in [0, 0.1) is 0 Å². The van der Waals surface area contributed by atoms with E-state index in [-0.39, 0.29) is 24.7 Å². The lowest BCUT2D eigenvalue weighted by atomic mass is 10.2. The average Bonchev–Trinajstić information content (AvgIpc) is 3.27. The second-order valence-electron chi connectivity index (χ2n) is 5.69. The quantitative estimate of drug-likeness (QED) is 0.584. The number of anilines is 1. The van der Waals surface area contributed by atoms with Crippen LogP contribution >= 0.6 is 34.7 Å². The van der Waals surface area contributed by atoms with Gasteiger partial charge in [-0.15, -0.1) is 11.3 Å². The molecule has 3 heterocycles. The van der Waals surface area contributed by atoms with Crippen molar-refractivity contribution >= 4 is 58.0 Å². The van der Waals surface area contributed by atoms with Crippen molar-refractivity contribution in [1.29, 1.82) is 0 Å². The van der Waals surface area contributed by atoms with Crippen LogP contribution in [0.1, 0.15) is 22.5 Å². The topological polar surface area (TPSA) is 63.7 Å². The molecule has 0 radical (unpaired) electrons. The minimum absolute atomic E-state index is 0.106. The number of thioether (sulfide) groups is 1. The molecule has 8 heteroatoms. The van der Waals surface area contributed by atoms with Crippen molar-refractivity contribution in [2.75, 3.05) is 11.5 Å². The van der Waals surface area contributed by atoms with Gasteiger partial charge in [0.25, 0.3) is 0 Å². The molecule has 5 nitrogen and oxygen atoms in total. The van der Waals surface area contributed by atoms with Gasteiger partial charge in [0.2, 0.25) is 11.7 Å². The second-order valence-corrected chi connectivity index (χ2v) is 8.72. The molecule has 0 unspecified atom stereocenters. The van der Waals surface area contributed by atoms with Crippen LogP contribution in [0.25, 0.3) is 0 Å². The van der Waals surface area contributed by atoms with Crippen molar-refractivity contribution in [3.8, 4) is 0 Å². The first-order valence-electron chi connectivity index (χ1n) is 7.58. The van der Waals surface area contributed by atoms with Gasteiger partial charge in [-0.25, -0.2) is 4.79 Å². The maximum Gasteiger partial charge on any atom is 0.343 e. The Labute approximate surface area is 156 Å². The van der Waals surface area contributed by atoms with E-state index in [9.17, 15) is 14.4 Å². The summed E-state index contributed by atoms with van der Waals surface area (Å²) in [5.41, 5.74) is 0.725. The molecule has 2 aromatic rings. The van der Waals surface area contributed by atoms with Crippen LogP contribution in [-0.2, 0) is 14.3 Å². The number of ether oxygens (including phenoxy) is 1. The Morgan fingerprint density at radius 1 is 1.24 bits per heavy atom. The zero-order chi connectivity index (χ0) is 17.6. The van der Waals surface area contributed by atoms with Crippen LogP contribution in [0.2, 0.25) is 4.34 Å². The Morgan fingerprint density at radius 2 is 2.04 bits per heavy atom. The molecule has 0 spiro atoms. The number of rotatable bonds is 4. The van der Waals surface area contributed by atoms with Gasteiger partial charge in [-0.1, -0.05) is 35.5 Å². The van der Waals surface area contributed by atoms with Gasteiger partial charge in [-0.05, 0) is 24.3 Å². The zero-order valence-corrected chi connectivity index (χ0v) is 15.2. The molecule has 2 aliphatic heterocycles. The Balaban J connectivity index is 1.54. The van der Waals surface area contributed by atoms with E-state index in [1.807, 2.05) is 24.3 Å². The van der Waals surface area contributed by atoms with Crippen LogP contribution in [-0.4, -0.2) is 29.1 Å². The summed E-state index contributed by atoms with van der Waals surface area (Å²) in [6.45, 7) is -0.365. The number of hydrogen-bond donors (Lipinski definition) is 0. The highest BCUT2D eigenvalue weighted by molar-refractivity contribution is 8.02. The molecule has 1 aromatic carbocycles. The second kappa shape index (κ2) is 6.16. The van der Waals surface area contributed by atoms with Gasteiger partial charge in [0.05, 0.1) is 14.9 Å². The molecule has 0 N–H and O–H groups in total. The molecule has 1 saturated heterocycles. The van der Waals surface area contributed by atoms with Crippen molar-refractivity contribution in [2.24, 2.45) is 0 Å². The fourth-order valence-corrected chi connectivity index (χ4v) is 5.43. The first kappa shape index (κ1) is 16.6. The normalized spacial score (nSPS) is 21.2. The third kappa shape index (κ3) is 2.67. The van der Waals surface area contributed by atoms with Crippen molar-refractivity contribution in [3.05, 3.63) is 45.6 Å². The molecule has 0 bridgehead atoms. The number of para-hydroxylation sites is 1. The number of esters is 1. The number of halogens is 1. The Kier molecular flexibility index (Phi) is 4.10. The summed E-state index contributed by atoms with van der Waals surface area (Å²) in [7, 11) is 0. The number of nitrogens with zero attached hydrogens (tertiary/aromatic N) is 1. The number of Topliss-reactive ketones (excluding diaryl/α,β-unsaturated/α-hetero) is 1. The maximum absolute atomic E-state index is 12.8. The number of carbonyl (C=O) groups is 3. The lowest BCUT2D eigenvalue weighted by Crippen LogP contribution is -2.48. The number of hydrogen-bond acceptors (Lipinski definition) is 6. The van der Waals surface area contributed by atoms with Crippen molar-refractivity contribution in [3.63, 3.8) is 0 Å². The average molecular weight is 394 g/mol. The lowest BCUT2D eigenvalue weighted by Gasteiger charge is -2.28. The van der Waals surface area contributed by atoms with Crippen LogP contribution in [0.5, 0.6) is 0 Å². The van der Waals surface area contributed by atoms with E-state index in [1.54, 1.807) is 12.1 Å². The summed E-state index contributed by atoms with van der Waals surface area (Å²) in [5.74, 6) is -0.973. The summed E-state index contributed by atoms with van der Waals surface area (Å²) >= 11 is 8.28. The van der Waals surface area contributed by atoms with E-state index in [1.165, 1.54) is 16.7 Å². The van der Waals surface area contributed by atoms with E-state index in [0.717, 1.165) is 21.9 Å².